The van der Waals surface area contributed by atoms with Gasteiger partial charge in [-0.05, 0) is 33.6 Å². The van der Waals surface area contributed by atoms with Crippen molar-refractivity contribution in [2.45, 2.75) is 45.3 Å². The molecule has 0 bridgehead atoms. The van der Waals surface area contributed by atoms with E-state index < -0.39 is 23.7 Å². The number of carbonyl (C=O) groups excluding carboxylic acids is 2. The van der Waals surface area contributed by atoms with E-state index in [0.29, 0.717) is 19.6 Å². The quantitative estimate of drug-likeness (QED) is 0.629. The van der Waals surface area contributed by atoms with Crippen LogP contribution in [0.4, 0.5) is 4.79 Å². The van der Waals surface area contributed by atoms with Gasteiger partial charge in [-0.1, -0.05) is 11.6 Å². The fourth-order valence-electron chi connectivity index (χ4n) is 1.80. The van der Waals surface area contributed by atoms with Gasteiger partial charge in [0.15, 0.2) is 0 Å². The maximum absolute atomic E-state index is 11.7. The zero-order valence-corrected chi connectivity index (χ0v) is 12.5. The number of hydrogen-bond acceptors (Lipinski definition) is 5. The average Bonchev–Trinajstić information content (AvgIpc) is 2.36. The number of methoxy groups -OCH3 is 1. The summed E-state index contributed by atoms with van der Waals surface area (Å²) < 4.78 is 15.1. The minimum Gasteiger partial charge on any atom is -0.467 e. The molecule has 0 aliphatic carbocycles. The minimum absolute atomic E-state index is 0.412. The Labute approximate surface area is 119 Å². The van der Waals surface area contributed by atoms with Gasteiger partial charge in [-0.3, -0.25) is 0 Å². The Bertz CT molecular complexity index is 384. The molecule has 0 aromatic carbocycles. The van der Waals surface area contributed by atoms with Gasteiger partial charge in [-0.2, -0.15) is 0 Å². The third-order valence-corrected chi connectivity index (χ3v) is 2.70. The van der Waals surface area contributed by atoms with Crippen molar-refractivity contribution in [3.63, 3.8) is 0 Å². The summed E-state index contributed by atoms with van der Waals surface area (Å²) >= 11 is 0. The number of rotatable bonds is 4. The zero-order chi connectivity index (χ0) is 15.2. The van der Waals surface area contributed by atoms with E-state index in [1.807, 2.05) is 6.08 Å². The Kier molecular flexibility index (Phi) is 6.01. The molecule has 20 heavy (non-hydrogen) atoms. The standard InChI is InChI=1S/C14H23NO5/c1-14(2,3)20-13(17)15-11(12(16)18-4)9-10-5-7-19-8-6-10/h5,11H,6-9H2,1-4H3,(H,15,17)/t11-/m1/s1. The van der Waals surface area contributed by atoms with Crippen LogP contribution in [-0.2, 0) is 19.0 Å². The first-order valence-corrected chi connectivity index (χ1v) is 6.65. The highest BCUT2D eigenvalue weighted by atomic mass is 16.6. The van der Waals surface area contributed by atoms with E-state index in [2.05, 4.69) is 5.32 Å². The molecule has 0 saturated carbocycles. The maximum atomic E-state index is 11.7. The summed E-state index contributed by atoms with van der Waals surface area (Å²) in [6.07, 6.45) is 2.47. The Balaban J connectivity index is 2.62. The molecule has 1 aliphatic rings. The van der Waals surface area contributed by atoms with Gasteiger partial charge in [0.2, 0.25) is 0 Å². The Morgan fingerprint density at radius 1 is 1.45 bits per heavy atom. The number of hydrogen-bond donors (Lipinski definition) is 1. The van der Waals surface area contributed by atoms with Crippen molar-refractivity contribution in [2.75, 3.05) is 20.3 Å². The number of alkyl carbamates (subject to hydrolysis) is 1. The second-order valence-electron chi connectivity index (χ2n) is 5.61. The molecule has 1 aliphatic heterocycles. The summed E-state index contributed by atoms with van der Waals surface area (Å²) in [6, 6.07) is -0.737. The first kappa shape index (κ1) is 16.5. The van der Waals surface area contributed by atoms with Crippen LogP contribution in [-0.4, -0.2) is 44.0 Å². The van der Waals surface area contributed by atoms with Crippen LogP contribution in [0.1, 0.15) is 33.6 Å². The third kappa shape index (κ3) is 6.06. The maximum Gasteiger partial charge on any atom is 0.408 e. The molecule has 1 N–H and O–H groups in total. The van der Waals surface area contributed by atoms with E-state index in [9.17, 15) is 9.59 Å². The lowest BCUT2D eigenvalue weighted by Crippen LogP contribution is -2.44. The molecule has 1 atom stereocenters. The number of carbonyl (C=O) groups is 2. The summed E-state index contributed by atoms with van der Waals surface area (Å²) in [4.78, 5) is 23.5. The van der Waals surface area contributed by atoms with Gasteiger partial charge in [0, 0.05) is 0 Å². The van der Waals surface area contributed by atoms with Crippen molar-refractivity contribution in [1.82, 2.24) is 5.32 Å². The van der Waals surface area contributed by atoms with Crippen LogP contribution in [0.15, 0.2) is 11.6 Å². The SMILES string of the molecule is COC(=O)[C@@H](CC1=CCOCC1)NC(=O)OC(C)(C)C. The Morgan fingerprint density at radius 3 is 2.65 bits per heavy atom. The lowest BCUT2D eigenvalue weighted by atomic mass is 10.0. The van der Waals surface area contributed by atoms with Crippen molar-refractivity contribution in [1.29, 1.82) is 0 Å². The third-order valence-electron chi connectivity index (χ3n) is 2.70. The molecule has 0 spiro atoms. The molecule has 0 radical (unpaired) electrons. The van der Waals surface area contributed by atoms with E-state index in [-0.39, 0.29) is 0 Å². The van der Waals surface area contributed by atoms with Crippen molar-refractivity contribution < 1.29 is 23.8 Å². The molecule has 0 aromatic rings. The molecule has 1 heterocycles. The fraction of sp³-hybridized carbons (Fsp3) is 0.714. The van der Waals surface area contributed by atoms with Crippen LogP contribution in [0.25, 0.3) is 0 Å². The molecule has 6 nitrogen and oxygen atoms in total. The predicted octanol–water partition coefficient (Wildman–Crippen LogP) is 1.79. The summed E-state index contributed by atoms with van der Waals surface area (Å²) in [7, 11) is 1.30. The van der Waals surface area contributed by atoms with Gasteiger partial charge in [0.05, 0.1) is 20.3 Å². The van der Waals surface area contributed by atoms with Crippen LogP contribution >= 0.6 is 0 Å². The molecule has 114 valence electrons. The zero-order valence-electron chi connectivity index (χ0n) is 12.5. The Hall–Kier alpha value is -1.56. The Morgan fingerprint density at radius 2 is 2.15 bits per heavy atom. The molecule has 0 saturated heterocycles. The van der Waals surface area contributed by atoms with Gasteiger partial charge < -0.3 is 19.5 Å². The molecule has 6 heteroatoms. The number of amides is 1. The summed E-state index contributed by atoms with van der Waals surface area (Å²) in [5.74, 6) is -0.483. The summed E-state index contributed by atoms with van der Waals surface area (Å²) in [6.45, 7) is 6.46. The lowest BCUT2D eigenvalue weighted by Gasteiger charge is -2.23. The minimum atomic E-state index is -0.737. The average molecular weight is 285 g/mol. The highest BCUT2D eigenvalue weighted by Crippen LogP contribution is 2.15. The summed E-state index contributed by atoms with van der Waals surface area (Å²) in [5.41, 5.74) is 0.464. The van der Waals surface area contributed by atoms with E-state index in [1.165, 1.54) is 7.11 Å². The van der Waals surface area contributed by atoms with Crippen molar-refractivity contribution >= 4 is 12.1 Å². The first-order valence-electron chi connectivity index (χ1n) is 6.65. The van der Waals surface area contributed by atoms with Crippen LogP contribution in [0.3, 0.4) is 0 Å². The second-order valence-corrected chi connectivity index (χ2v) is 5.61. The van der Waals surface area contributed by atoms with Crippen LogP contribution in [0, 0.1) is 0 Å². The van der Waals surface area contributed by atoms with E-state index in [1.54, 1.807) is 20.8 Å². The van der Waals surface area contributed by atoms with Crippen molar-refractivity contribution in [3.8, 4) is 0 Å². The largest absolute Gasteiger partial charge is 0.467 e. The molecular formula is C14H23NO5. The number of esters is 1. The van der Waals surface area contributed by atoms with E-state index in [0.717, 1.165) is 12.0 Å². The molecule has 0 aromatic heterocycles. The van der Waals surface area contributed by atoms with E-state index >= 15 is 0 Å². The van der Waals surface area contributed by atoms with Crippen LogP contribution in [0.5, 0.6) is 0 Å². The first-order chi connectivity index (χ1) is 9.31. The van der Waals surface area contributed by atoms with Crippen LogP contribution in [0.2, 0.25) is 0 Å². The van der Waals surface area contributed by atoms with Gasteiger partial charge in [-0.15, -0.1) is 0 Å². The van der Waals surface area contributed by atoms with Gasteiger partial charge in [0.1, 0.15) is 11.6 Å². The number of nitrogens with one attached hydrogen (secondary N) is 1. The van der Waals surface area contributed by atoms with E-state index in [4.69, 9.17) is 14.2 Å². The molecule has 0 unspecified atom stereocenters. The van der Waals surface area contributed by atoms with Crippen molar-refractivity contribution in [3.05, 3.63) is 11.6 Å². The second kappa shape index (κ2) is 7.28. The number of ether oxygens (including phenoxy) is 3. The highest BCUT2D eigenvalue weighted by Gasteiger charge is 2.26. The monoisotopic (exact) mass is 285 g/mol. The van der Waals surface area contributed by atoms with Crippen molar-refractivity contribution in [2.24, 2.45) is 0 Å². The smallest absolute Gasteiger partial charge is 0.408 e. The summed E-state index contributed by atoms with van der Waals surface area (Å²) in [5, 5.41) is 2.55. The normalized spacial score (nSPS) is 16.9. The van der Waals surface area contributed by atoms with Gasteiger partial charge in [-0.25, -0.2) is 9.59 Å². The topological polar surface area (TPSA) is 73.9 Å². The van der Waals surface area contributed by atoms with Gasteiger partial charge in [0.25, 0.3) is 0 Å². The molecule has 0 fully saturated rings. The van der Waals surface area contributed by atoms with Crippen LogP contribution < -0.4 is 5.32 Å². The van der Waals surface area contributed by atoms with Gasteiger partial charge >= 0.3 is 12.1 Å². The predicted molar refractivity (Wildman–Crippen MR) is 73.3 cm³/mol. The lowest BCUT2D eigenvalue weighted by molar-refractivity contribution is -0.143. The molecular weight excluding hydrogens is 262 g/mol. The fourth-order valence-corrected chi connectivity index (χ4v) is 1.80. The molecule has 1 amide bonds. The molecule has 1 rings (SSSR count). The highest BCUT2D eigenvalue weighted by molar-refractivity contribution is 5.81.